The molecule has 0 radical (unpaired) electrons. The smallest absolute Gasteiger partial charge is 0.276 e. The van der Waals surface area contributed by atoms with Crippen molar-refractivity contribution < 1.29 is 19.1 Å². The van der Waals surface area contributed by atoms with Crippen molar-refractivity contribution >= 4 is 22.6 Å². The van der Waals surface area contributed by atoms with E-state index in [1.807, 2.05) is 66.7 Å². The Morgan fingerprint density at radius 2 is 1.68 bits per heavy atom. The highest BCUT2D eigenvalue weighted by molar-refractivity contribution is 5.88. The van der Waals surface area contributed by atoms with Gasteiger partial charge in [-0.15, -0.1) is 0 Å². The SMILES string of the molecule is COc1ccccc1CNC(=O)C=C(C)NNC(=O)COc1ccc2ccccc2c1. The molecule has 0 aromatic heterocycles. The van der Waals surface area contributed by atoms with Crippen LogP contribution in [0.1, 0.15) is 12.5 Å². The third kappa shape index (κ3) is 6.50. The fraction of sp³-hybridized carbons (Fsp3) is 0.167. The van der Waals surface area contributed by atoms with E-state index >= 15 is 0 Å². The first kappa shape index (κ1) is 21.7. The molecule has 0 atom stereocenters. The van der Waals surface area contributed by atoms with Crippen molar-refractivity contribution in [3.8, 4) is 11.5 Å². The molecule has 3 aromatic carbocycles. The van der Waals surface area contributed by atoms with Gasteiger partial charge in [0.15, 0.2) is 6.61 Å². The van der Waals surface area contributed by atoms with Crippen molar-refractivity contribution in [1.29, 1.82) is 0 Å². The summed E-state index contributed by atoms with van der Waals surface area (Å²) in [5.74, 6) is 0.657. The van der Waals surface area contributed by atoms with Crippen LogP contribution in [0.2, 0.25) is 0 Å². The number of allylic oxidation sites excluding steroid dienone is 1. The lowest BCUT2D eigenvalue weighted by Crippen LogP contribution is -2.39. The number of para-hydroxylation sites is 1. The van der Waals surface area contributed by atoms with Gasteiger partial charge in [0.05, 0.1) is 7.11 Å². The first-order valence-corrected chi connectivity index (χ1v) is 9.79. The van der Waals surface area contributed by atoms with E-state index in [1.54, 1.807) is 14.0 Å². The molecular weight excluding hydrogens is 394 g/mol. The van der Waals surface area contributed by atoms with E-state index in [0.29, 0.717) is 23.7 Å². The molecule has 0 fully saturated rings. The van der Waals surface area contributed by atoms with Crippen molar-refractivity contribution in [2.75, 3.05) is 13.7 Å². The molecular formula is C24H25N3O4. The fourth-order valence-corrected chi connectivity index (χ4v) is 2.93. The Bertz CT molecular complexity index is 1090. The Balaban J connectivity index is 1.42. The van der Waals surface area contributed by atoms with Gasteiger partial charge in [-0.3, -0.25) is 15.0 Å². The fourth-order valence-electron chi connectivity index (χ4n) is 2.93. The quantitative estimate of drug-likeness (QED) is 0.366. The monoisotopic (exact) mass is 419 g/mol. The maximum atomic E-state index is 12.1. The summed E-state index contributed by atoms with van der Waals surface area (Å²) in [4.78, 5) is 24.1. The largest absolute Gasteiger partial charge is 0.496 e. The number of amides is 2. The molecule has 3 aromatic rings. The predicted molar refractivity (Wildman–Crippen MR) is 119 cm³/mol. The minimum atomic E-state index is -0.365. The number of carbonyl (C=O) groups excluding carboxylic acids is 2. The molecule has 160 valence electrons. The first-order chi connectivity index (χ1) is 15.0. The van der Waals surface area contributed by atoms with E-state index < -0.39 is 0 Å². The van der Waals surface area contributed by atoms with Crippen molar-refractivity contribution in [2.45, 2.75) is 13.5 Å². The topological polar surface area (TPSA) is 88.7 Å². The average Bonchev–Trinajstić information content (AvgIpc) is 2.80. The van der Waals surface area contributed by atoms with E-state index in [4.69, 9.17) is 9.47 Å². The molecule has 7 heteroatoms. The number of ether oxygens (including phenoxy) is 2. The second kappa shape index (κ2) is 10.7. The molecule has 0 saturated heterocycles. The summed E-state index contributed by atoms with van der Waals surface area (Å²) in [7, 11) is 1.58. The maximum Gasteiger partial charge on any atom is 0.276 e. The Hall–Kier alpha value is -4.00. The van der Waals surface area contributed by atoms with Gasteiger partial charge in [0.25, 0.3) is 5.91 Å². The number of rotatable bonds is 9. The molecule has 3 rings (SSSR count). The van der Waals surface area contributed by atoms with Gasteiger partial charge in [-0.2, -0.15) is 0 Å². The standard InChI is InChI=1S/C24H25N3O4/c1-17(13-23(28)25-15-20-9-5-6-10-22(20)30-2)26-27-24(29)16-31-21-12-11-18-7-3-4-8-19(18)14-21/h3-14,26H,15-16H2,1-2H3,(H,25,28)(H,27,29). The highest BCUT2D eigenvalue weighted by atomic mass is 16.5. The van der Waals surface area contributed by atoms with Gasteiger partial charge in [0.1, 0.15) is 11.5 Å². The van der Waals surface area contributed by atoms with Crippen LogP contribution in [-0.2, 0) is 16.1 Å². The highest BCUT2D eigenvalue weighted by Crippen LogP contribution is 2.20. The third-order valence-electron chi connectivity index (χ3n) is 4.48. The molecule has 0 spiro atoms. The zero-order valence-electron chi connectivity index (χ0n) is 17.5. The summed E-state index contributed by atoms with van der Waals surface area (Å²) in [6, 6.07) is 21.0. The molecule has 0 bridgehead atoms. The first-order valence-electron chi connectivity index (χ1n) is 9.79. The van der Waals surface area contributed by atoms with Crippen LogP contribution in [0.3, 0.4) is 0 Å². The Kier molecular flexibility index (Phi) is 7.48. The minimum absolute atomic E-state index is 0.154. The van der Waals surface area contributed by atoms with Crippen molar-refractivity contribution in [2.24, 2.45) is 0 Å². The lowest BCUT2D eigenvalue weighted by molar-refractivity contribution is -0.124. The summed E-state index contributed by atoms with van der Waals surface area (Å²) >= 11 is 0. The molecule has 0 aliphatic heterocycles. The number of nitrogens with one attached hydrogen (secondary N) is 3. The summed E-state index contributed by atoms with van der Waals surface area (Å²) in [6.07, 6.45) is 1.36. The van der Waals surface area contributed by atoms with Gasteiger partial charge in [-0.25, -0.2) is 0 Å². The number of fused-ring (bicyclic) bond motifs is 1. The molecule has 7 nitrogen and oxygen atoms in total. The molecule has 31 heavy (non-hydrogen) atoms. The van der Waals surface area contributed by atoms with E-state index in [1.165, 1.54) is 6.08 Å². The summed E-state index contributed by atoms with van der Waals surface area (Å²) in [6.45, 7) is 1.85. The van der Waals surface area contributed by atoms with Crippen LogP contribution in [0, 0.1) is 0 Å². The lowest BCUT2D eigenvalue weighted by atomic mass is 10.1. The molecule has 0 heterocycles. The van der Waals surface area contributed by atoms with Crippen LogP contribution >= 0.6 is 0 Å². The zero-order chi connectivity index (χ0) is 22.1. The molecule has 0 aliphatic rings. The number of carbonyl (C=O) groups is 2. The highest BCUT2D eigenvalue weighted by Gasteiger charge is 2.06. The van der Waals surface area contributed by atoms with Crippen molar-refractivity contribution in [3.63, 3.8) is 0 Å². The van der Waals surface area contributed by atoms with Gasteiger partial charge >= 0.3 is 0 Å². The van der Waals surface area contributed by atoms with E-state index in [0.717, 1.165) is 16.3 Å². The number of benzene rings is 3. The van der Waals surface area contributed by atoms with Crippen LogP contribution in [0.5, 0.6) is 11.5 Å². The van der Waals surface area contributed by atoms with Crippen LogP contribution < -0.4 is 25.6 Å². The van der Waals surface area contributed by atoms with Crippen LogP contribution in [0.15, 0.2) is 78.5 Å². The van der Waals surface area contributed by atoms with Crippen LogP contribution in [-0.4, -0.2) is 25.5 Å². The Labute approximate surface area is 181 Å². The Morgan fingerprint density at radius 1 is 0.935 bits per heavy atom. The molecule has 0 aliphatic carbocycles. The van der Waals surface area contributed by atoms with Gasteiger partial charge in [0, 0.05) is 23.9 Å². The summed E-state index contributed by atoms with van der Waals surface area (Å²) in [5, 5.41) is 4.92. The van der Waals surface area contributed by atoms with Gasteiger partial charge in [-0.1, -0.05) is 48.5 Å². The number of hydrazine groups is 1. The van der Waals surface area contributed by atoms with Crippen molar-refractivity contribution in [1.82, 2.24) is 16.2 Å². The predicted octanol–water partition coefficient (Wildman–Crippen LogP) is 3.07. The molecule has 0 saturated carbocycles. The molecule has 2 amide bonds. The lowest BCUT2D eigenvalue weighted by Gasteiger charge is -2.11. The summed E-state index contributed by atoms with van der Waals surface area (Å²) in [5.41, 5.74) is 6.56. The molecule has 0 unspecified atom stereocenters. The molecule has 3 N–H and O–H groups in total. The number of hydrogen-bond donors (Lipinski definition) is 3. The van der Waals surface area contributed by atoms with Gasteiger partial charge < -0.3 is 20.2 Å². The second-order valence-electron chi connectivity index (χ2n) is 6.83. The minimum Gasteiger partial charge on any atom is -0.496 e. The van der Waals surface area contributed by atoms with Gasteiger partial charge in [0.2, 0.25) is 5.91 Å². The summed E-state index contributed by atoms with van der Waals surface area (Å²) < 4.78 is 10.8. The second-order valence-corrected chi connectivity index (χ2v) is 6.83. The number of hydrogen-bond acceptors (Lipinski definition) is 5. The third-order valence-corrected chi connectivity index (χ3v) is 4.48. The number of methoxy groups -OCH3 is 1. The van der Waals surface area contributed by atoms with Crippen LogP contribution in [0.4, 0.5) is 0 Å². The van der Waals surface area contributed by atoms with E-state index in [2.05, 4.69) is 16.2 Å². The van der Waals surface area contributed by atoms with E-state index in [9.17, 15) is 9.59 Å². The van der Waals surface area contributed by atoms with Crippen LogP contribution in [0.25, 0.3) is 10.8 Å². The average molecular weight is 419 g/mol. The Morgan fingerprint density at radius 3 is 2.48 bits per heavy atom. The zero-order valence-corrected chi connectivity index (χ0v) is 17.5. The van der Waals surface area contributed by atoms with E-state index in [-0.39, 0.29) is 18.4 Å². The normalized spacial score (nSPS) is 11.0. The van der Waals surface area contributed by atoms with Crippen molar-refractivity contribution in [3.05, 3.63) is 84.1 Å². The maximum absolute atomic E-state index is 12.1. The van der Waals surface area contributed by atoms with Gasteiger partial charge in [-0.05, 0) is 35.9 Å².